The van der Waals surface area contributed by atoms with Gasteiger partial charge in [0.15, 0.2) is 0 Å². The first-order chi connectivity index (χ1) is 17.8. The van der Waals surface area contributed by atoms with Crippen LogP contribution in [0, 0.1) is 5.41 Å². The molecule has 4 heterocycles. The minimum absolute atomic E-state index is 0.175. The maximum absolute atomic E-state index is 13.0. The number of hydrogen-bond acceptors (Lipinski definition) is 6. The third-order valence-corrected chi connectivity index (χ3v) is 8.05. The molecule has 5 rings (SSSR count). The first-order valence-corrected chi connectivity index (χ1v) is 12.5. The minimum Gasteiger partial charge on any atom is -0.385 e. The van der Waals surface area contributed by atoms with Crippen LogP contribution in [0.15, 0.2) is 36.5 Å². The molecule has 2 atom stereocenters. The lowest BCUT2D eigenvalue weighted by atomic mass is 9.66. The Morgan fingerprint density at radius 2 is 1.92 bits per heavy atom. The maximum atomic E-state index is 13.0. The van der Waals surface area contributed by atoms with Gasteiger partial charge in [0.05, 0.1) is 5.60 Å². The van der Waals surface area contributed by atoms with Crippen molar-refractivity contribution < 1.29 is 32.7 Å². The number of carbonyl (C=O) groups is 3. The van der Waals surface area contributed by atoms with Crippen LogP contribution in [0.25, 0.3) is 0 Å². The summed E-state index contributed by atoms with van der Waals surface area (Å²) in [6.07, 6.45) is -2.41. The van der Waals surface area contributed by atoms with Crippen molar-refractivity contribution in [2.75, 3.05) is 13.1 Å². The van der Waals surface area contributed by atoms with Gasteiger partial charge in [-0.05, 0) is 41.7 Å². The zero-order valence-corrected chi connectivity index (χ0v) is 21.1. The monoisotopic (exact) mass is 530 g/mol. The average molecular weight is 531 g/mol. The lowest BCUT2D eigenvalue weighted by Crippen LogP contribution is -2.55. The van der Waals surface area contributed by atoms with E-state index in [1.165, 1.54) is 17.2 Å². The Morgan fingerprint density at radius 3 is 2.55 bits per heavy atom. The summed E-state index contributed by atoms with van der Waals surface area (Å²) in [6, 6.07) is 6.96. The van der Waals surface area contributed by atoms with Crippen molar-refractivity contribution in [3.63, 3.8) is 0 Å². The number of nitrogens with one attached hydrogen (secondary N) is 1. The molecule has 1 aromatic carbocycles. The van der Waals surface area contributed by atoms with E-state index in [-0.39, 0.29) is 31.2 Å². The number of aromatic nitrogens is 1. The summed E-state index contributed by atoms with van der Waals surface area (Å²) in [5.41, 5.74) is -0.223. The van der Waals surface area contributed by atoms with Crippen LogP contribution < -0.4 is 5.32 Å². The quantitative estimate of drug-likeness (QED) is 0.590. The van der Waals surface area contributed by atoms with Gasteiger partial charge in [0.25, 0.3) is 5.91 Å². The van der Waals surface area contributed by atoms with Gasteiger partial charge in [-0.2, -0.15) is 13.2 Å². The van der Waals surface area contributed by atoms with Crippen LogP contribution in [0.1, 0.15) is 65.9 Å². The molecule has 0 aliphatic carbocycles. The molecular formula is C27H29F3N4O4. The van der Waals surface area contributed by atoms with Crippen LogP contribution in [0.2, 0.25) is 0 Å². The zero-order chi connectivity index (χ0) is 27.5. The first-order valence-electron chi connectivity index (χ1n) is 12.5. The second kappa shape index (κ2) is 9.16. The molecular weight excluding hydrogens is 501 g/mol. The third-order valence-electron chi connectivity index (χ3n) is 8.05. The number of benzene rings is 1. The number of amides is 3. The third kappa shape index (κ3) is 4.58. The predicted octanol–water partition coefficient (Wildman–Crippen LogP) is 2.98. The highest BCUT2D eigenvalue weighted by Gasteiger charge is 2.49. The van der Waals surface area contributed by atoms with Gasteiger partial charge in [0.1, 0.15) is 11.7 Å². The number of pyridine rings is 1. The molecule has 1 aromatic heterocycles. The summed E-state index contributed by atoms with van der Waals surface area (Å²) < 4.78 is 38.5. The van der Waals surface area contributed by atoms with Gasteiger partial charge in [-0.15, -0.1) is 0 Å². The van der Waals surface area contributed by atoms with Gasteiger partial charge in [0, 0.05) is 49.8 Å². The van der Waals surface area contributed by atoms with Crippen molar-refractivity contribution in [2.45, 2.75) is 64.0 Å². The molecule has 2 saturated heterocycles. The van der Waals surface area contributed by atoms with Crippen LogP contribution >= 0.6 is 0 Å². The molecule has 3 aliphatic heterocycles. The van der Waals surface area contributed by atoms with Crippen molar-refractivity contribution in [2.24, 2.45) is 5.41 Å². The summed E-state index contributed by atoms with van der Waals surface area (Å²) in [5.74, 6) is -1.09. The van der Waals surface area contributed by atoms with E-state index < -0.39 is 34.8 Å². The number of piperidine rings is 2. The van der Waals surface area contributed by atoms with Crippen molar-refractivity contribution in [3.05, 3.63) is 64.5 Å². The standard InChI is InChI=1S/C27H29F3N4O4/c1-25(2)15-33(13-16-3-7-21(31-12-16)27(28,29)30)10-9-26(25,38)18-4-5-19-17(11-18)14-34(24(19)37)20-6-8-22(35)32-23(20)36/h3-5,7,11-12,20,38H,6,8-10,13-15H2,1-2H3,(H,32,35,36). The second-order valence-electron chi connectivity index (χ2n) is 11.0. The van der Waals surface area contributed by atoms with Crippen LogP contribution in [0.3, 0.4) is 0 Å². The Balaban J connectivity index is 1.31. The van der Waals surface area contributed by atoms with Gasteiger partial charge in [-0.1, -0.05) is 32.0 Å². The molecule has 38 heavy (non-hydrogen) atoms. The lowest BCUT2D eigenvalue weighted by molar-refractivity contribution is -0.141. The van der Waals surface area contributed by atoms with Gasteiger partial charge in [0.2, 0.25) is 11.8 Å². The van der Waals surface area contributed by atoms with Crippen LogP contribution in [-0.4, -0.2) is 56.7 Å². The topological polar surface area (TPSA) is 103 Å². The lowest BCUT2D eigenvalue weighted by Gasteiger charge is -2.50. The molecule has 3 amide bonds. The van der Waals surface area contributed by atoms with E-state index in [4.69, 9.17) is 0 Å². The van der Waals surface area contributed by atoms with Crippen molar-refractivity contribution >= 4 is 17.7 Å². The molecule has 8 nitrogen and oxygen atoms in total. The largest absolute Gasteiger partial charge is 0.433 e. The van der Waals surface area contributed by atoms with E-state index in [1.54, 1.807) is 12.1 Å². The number of halogens is 3. The molecule has 0 bridgehead atoms. The number of hydrogen-bond donors (Lipinski definition) is 2. The van der Waals surface area contributed by atoms with E-state index in [1.807, 2.05) is 19.9 Å². The molecule has 2 unspecified atom stereocenters. The normalized spacial score (nSPS) is 25.9. The second-order valence-corrected chi connectivity index (χ2v) is 11.0. The van der Waals surface area contributed by atoms with E-state index in [0.717, 1.165) is 11.6 Å². The molecule has 11 heteroatoms. The maximum Gasteiger partial charge on any atom is 0.433 e. The highest BCUT2D eigenvalue weighted by molar-refractivity contribution is 6.05. The van der Waals surface area contributed by atoms with E-state index >= 15 is 0 Å². The fourth-order valence-electron chi connectivity index (χ4n) is 5.87. The highest BCUT2D eigenvalue weighted by Crippen LogP contribution is 2.47. The summed E-state index contributed by atoms with van der Waals surface area (Å²) in [6.45, 7) is 5.51. The molecule has 3 aliphatic rings. The number of alkyl halides is 3. The Hall–Kier alpha value is -3.31. The van der Waals surface area contributed by atoms with Crippen LogP contribution in [0.4, 0.5) is 13.2 Å². The van der Waals surface area contributed by atoms with E-state index in [2.05, 4.69) is 15.2 Å². The molecule has 2 N–H and O–H groups in total. The van der Waals surface area contributed by atoms with E-state index in [0.29, 0.717) is 42.7 Å². The minimum atomic E-state index is -4.48. The predicted molar refractivity (Wildman–Crippen MR) is 129 cm³/mol. The van der Waals surface area contributed by atoms with E-state index in [9.17, 15) is 32.7 Å². The van der Waals surface area contributed by atoms with Crippen molar-refractivity contribution in [1.29, 1.82) is 0 Å². The van der Waals surface area contributed by atoms with Crippen LogP contribution in [-0.2, 0) is 34.5 Å². The molecule has 2 fully saturated rings. The smallest absolute Gasteiger partial charge is 0.385 e. The number of carbonyl (C=O) groups excluding carboxylic acids is 3. The number of likely N-dealkylation sites (tertiary alicyclic amines) is 1. The molecule has 0 radical (unpaired) electrons. The summed E-state index contributed by atoms with van der Waals surface area (Å²) in [5, 5.41) is 14.2. The number of nitrogens with zero attached hydrogens (tertiary/aromatic N) is 3. The summed E-state index contributed by atoms with van der Waals surface area (Å²) >= 11 is 0. The Labute approximate surface area is 217 Å². The summed E-state index contributed by atoms with van der Waals surface area (Å²) in [7, 11) is 0. The summed E-state index contributed by atoms with van der Waals surface area (Å²) in [4.78, 5) is 44.0. The zero-order valence-electron chi connectivity index (χ0n) is 21.1. The van der Waals surface area contributed by atoms with Crippen molar-refractivity contribution in [1.82, 2.24) is 20.1 Å². The van der Waals surface area contributed by atoms with Gasteiger partial charge in [-0.3, -0.25) is 29.6 Å². The molecule has 0 spiro atoms. The number of fused-ring (bicyclic) bond motifs is 1. The molecule has 0 saturated carbocycles. The molecule has 202 valence electrons. The number of imide groups is 1. The van der Waals surface area contributed by atoms with Gasteiger partial charge in [-0.25, -0.2) is 0 Å². The number of rotatable bonds is 4. The van der Waals surface area contributed by atoms with Crippen LogP contribution in [0.5, 0.6) is 0 Å². The van der Waals surface area contributed by atoms with Gasteiger partial charge < -0.3 is 10.0 Å². The Morgan fingerprint density at radius 1 is 1.16 bits per heavy atom. The Bertz CT molecular complexity index is 1290. The van der Waals surface area contributed by atoms with Gasteiger partial charge >= 0.3 is 6.18 Å². The molecule has 2 aromatic rings. The SMILES string of the molecule is CC1(C)CN(Cc2ccc(C(F)(F)F)nc2)CCC1(O)c1ccc2c(c1)CN(C1CCC(=O)NC1=O)C2=O. The fraction of sp³-hybridized carbons (Fsp3) is 0.481. The highest BCUT2D eigenvalue weighted by atomic mass is 19.4. The fourth-order valence-corrected chi connectivity index (χ4v) is 5.87. The first kappa shape index (κ1) is 26.3. The number of aliphatic hydroxyl groups is 1. The average Bonchev–Trinajstić information content (AvgIpc) is 3.16. The Kier molecular flexibility index (Phi) is 6.34. The van der Waals surface area contributed by atoms with Crippen molar-refractivity contribution in [3.8, 4) is 0 Å².